The van der Waals surface area contributed by atoms with E-state index in [0.717, 1.165) is 11.3 Å². The first-order valence-electron chi connectivity index (χ1n) is 9.27. The molecule has 1 unspecified atom stereocenters. The third kappa shape index (κ3) is 4.28. The lowest BCUT2D eigenvalue weighted by Gasteiger charge is -2.16. The molecule has 1 heterocycles. The molecule has 0 aliphatic rings. The van der Waals surface area contributed by atoms with E-state index in [1.807, 2.05) is 24.3 Å². The number of carbonyl (C=O) groups is 1. The number of hydrogen-bond donors (Lipinski definition) is 2. The highest BCUT2D eigenvalue weighted by molar-refractivity contribution is 7.89. The molecule has 0 aliphatic carbocycles. The van der Waals surface area contributed by atoms with Crippen LogP contribution in [0.2, 0.25) is 0 Å². The molecule has 0 fully saturated rings. The monoisotopic (exact) mass is 416 g/mol. The normalized spacial score (nSPS) is 12.7. The third-order valence-electron chi connectivity index (χ3n) is 4.69. The number of sulfonamides is 1. The van der Waals surface area contributed by atoms with Crippen molar-refractivity contribution in [2.45, 2.75) is 31.7 Å². The van der Waals surface area contributed by atoms with Gasteiger partial charge >= 0.3 is 5.97 Å². The molecule has 0 saturated carbocycles. The first-order chi connectivity index (χ1) is 13.8. The van der Waals surface area contributed by atoms with Gasteiger partial charge in [0.1, 0.15) is 5.58 Å². The minimum atomic E-state index is -3.78. The molecule has 154 valence electrons. The number of hydrogen-bond acceptors (Lipinski definition) is 6. The van der Waals surface area contributed by atoms with E-state index in [1.165, 1.54) is 12.1 Å². The Morgan fingerprint density at radius 3 is 2.66 bits per heavy atom. The molecule has 0 bridgehead atoms. The van der Waals surface area contributed by atoms with E-state index in [-0.39, 0.29) is 17.3 Å². The SMILES string of the molecule is CCOC(=O)c1oc2ccc(S(=O)(=O)NC(C)c3cccc(NC)c3)cc2c1C. The summed E-state index contributed by atoms with van der Waals surface area (Å²) in [5.41, 5.74) is 2.71. The standard InChI is InChI=1S/C21H24N2O5S/c1-5-27-21(24)20-13(2)18-12-17(9-10-19(18)28-20)29(25,26)23-14(3)15-7-6-8-16(11-15)22-4/h6-12,14,22-23H,5H2,1-4H3. The molecule has 29 heavy (non-hydrogen) atoms. The lowest BCUT2D eigenvalue weighted by molar-refractivity contribution is 0.0491. The van der Waals surface area contributed by atoms with Gasteiger partial charge in [-0.3, -0.25) is 0 Å². The molecule has 7 nitrogen and oxygen atoms in total. The van der Waals surface area contributed by atoms with Crippen LogP contribution >= 0.6 is 0 Å². The molecule has 3 rings (SSSR count). The van der Waals surface area contributed by atoms with Crippen LogP contribution in [0.5, 0.6) is 0 Å². The summed E-state index contributed by atoms with van der Waals surface area (Å²) in [7, 11) is -1.98. The summed E-state index contributed by atoms with van der Waals surface area (Å²) in [4.78, 5) is 12.1. The maximum atomic E-state index is 12.9. The molecular formula is C21H24N2O5S. The quantitative estimate of drug-likeness (QED) is 0.565. The zero-order valence-corrected chi connectivity index (χ0v) is 17.6. The lowest BCUT2D eigenvalue weighted by atomic mass is 10.1. The molecule has 0 saturated heterocycles. The molecular weight excluding hydrogens is 392 g/mol. The lowest BCUT2D eigenvalue weighted by Crippen LogP contribution is -2.26. The second-order valence-corrected chi connectivity index (χ2v) is 8.37. The fraction of sp³-hybridized carbons (Fsp3) is 0.286. The van der Waals surface area contributed by atoms with Crippen LogP contribution < -0.4 is 10.0 Å². The number of ether oxygens (including phenoxy) is 1. The molecule has 0 amide bonds. The number of aryl methyl sites for hydroxylation is 1. The minimum Gasteiger partial charge on any atom is -0.460 e. The summed E-state index contributed by atoms with van der Waals surface area (Å²) in [6.07, 6.45) is 0. The van der Waals surface area contributed by atoms with Gasteiger partial charge < -0.3 is 14.5 Å². The molecule has 3 aromatic rings. The zero-order valence-electron chi connectivity index (χ0n) is 16.8. The fourth-order valence-corrected chi connectivity index (χ4v) is 4.35. The molecule has 1 aromatic heterocycles. The number of carbonyl (C=O) groups excluding carboxylic acids is 1. The summed E-state index contributed by atoms with van der Waals surface area (Å²) in [5.74, 6) is -0.483. The van der Waals surface area contributed by atoms with E-state index < -0.39 is 22.0 Å². The van der Waals surface area contributed by atoms with Crippen LogP contribution in [-0.2, 0) is 14.8 Å². The first kappa shape index (κ1) is 20.9. The predicted molar refractivity (Wildman–Crippen MR) is 112 cm³/mol. The highest BCUT2D eigenvalue weighted by atomic mass is 32.2. The van der Waals surface area contributed by atoms with Gasteiger partial charge in [0.05, 0.1) is 11.5 Å². The van der Waals surface area contributed by atoms with Crippen LogP contribution in [0.25, 0.3) is 11.0 Å². The Kier molecular flexibility index (Phi) is 5.95. The number of benzene rings is 2. The van der Waals surface area contributed by atoms with Crippen molar-refractivity contribution in [2.75, 3.05) is 19.0 Å². The molecule has 0 spiro atoms. The largest absolute Gasteiger partial charge is 0.460 e. The first-order valence-corrected chi connectivity index (χ1v) is 10.8. The average molecular weight is 416 g/mol. The van der Waals surface area contributed by atoms with E-state index in [1.54, 1.807) is 33.9 Å². The summed E-state index contributed by atoms with van der Waals surface area (Å²) >= 11 is 0. The van der Waals surface area contributed by atoms with Crippen molar-refractivity contribution < 1.29 is 22.4 Å². The maximum absolute atomic E-state index is 12.9. The van der Waals surface area contributed by atoms with Gasteiger partial charge in [0.25, 0.3) is 0 Å². The van der Waals surface area contributed by atoms with Gasteiger partial charge in [-0.15, -0.1) is 0 Å². The van der Waals surface area contributed by atoms with Gasteiger partial charge in [0.2, 0.25) is 15.8 Å². The van der Waals surface area contributed by atoms with Gasteiger partial charge in [-0.25, -0.2) is 17.9 Å². The number of furan rings is 1. The third-order valence-corrected chi connectivity index (χ3v) is 6.22. The Bertz CT molecular complexity index is 1150. The van der Waals surface area contributed by atoms with Crippen LogP contribution in [0.15, 0.2) is 51.8 Å². The van der Waals surface area contributed by atoms with Crippen LogP contribution in [0.1, 0.15) is 41.6 Å². The van der Waals surface area contributed by atoms with Gasteiger partial charge in [-0.1, -0.05) is 12.1 Å². The molecule has 0 radical (unpaired) electrons. The van der Waals surface area contributed by atoms with Crippen LogP contribution in [0.4, 0.5) is 5.69 Å². The fourth-order valence-electron chi connectivity index (χ4n) is 3.09. The second-order valence-electron chi connectivity index (χ2n) is 6.65. The molecule has 8 heteroatoms. The number of rotatable bonds is 7. The minimum absolute atomic E-state index is 0.0848. The van der Waals surface area contributed by atoms with Crippen LogP contribution in [-0.4, -0.2) is 28.0 Å². The van der Waals surface area contributed by atoms with Gasteiger partial charge in [0, 0.05) is 29.7 Å². The van der Waals surface area contributed by atoms with E-state index >= 15 is 0 Å². The summed E-state index contributed by atoms with van der Waals surface area (Å²) in [6, 6.07) is 11.6. The van der Waals surface area contributed by atoms with Crippen molar-refractivity contribution in [1.82, 2.24) is 4.72 Å². The number of anilines is 1. The zero-order chi connectivity index (χ0) is 21.2. The van der Waals surface area contributed by atoms with Crippen molar-refractivity contribution in [3.05, 3.63) is 59.4 Å². The predicted octanol–water partition coefficient (Wildman–Crippen LogP) is 4.00. The Hall–Kier alpha value is -2.84. The van der Waals surface area contributed by atoms with Gasteiger partial charge in [0.15, 0.2) is 0 Å². The highest BCUT2D eigenvalue weighted by Crippen LogP contribution is 2.29. The average Bonchev–Trinajstić information content (AvgIpc) is 3.04. The van der Waals surface area contributed by atoms with Gasteiger partial charge in [-0.2, -0.15) is 0 Å². The molecule has 2 N–H and O–H groups in total. The number of nitrogens with one attached hydrogen (secondary N) is 2. The van der Waals surface area contributed by atoms with Crippen molar-refractivity contribution >= 4 is 32.6 Å². The molecule has 0 aliphatic heterocycles. The Morgan fingerprint density at radius 1 is 1.21 bits per heavy atom. The summed E-state index contributed by atoms with van der Waals surface area (Å²) in [5, 5.41) is 3.59. The van der Waals surface area contributed by atoms with Crippen molar-refractivity contribution in [2.24, 2.45) is 0 Å². The second kappa shape index (κ2) is 8.26. The summed E-state index contributed by atoms with van der Waals surface area (Å²) in [6.45, 7) is 5.42. The van der Waals surface area contributed by atoms with Crippen molar-refractivity contribution in [3.63, 3.8) is 0 Å². The van der Waals surface area contributed by atoms with Crippen LogP contribution in [0.3, 0.4) is 0 Å². The Morgan fingerprint density at radius 2 is 1.97 bits per heavy atom. The highest BCUT2D eigenvalue weighted by Gasteiger charge is 2.23. The van der Waals surface area contributed by atoms with E-state index in [0.29, 0.717) is 16.5 Å². The Labute approximate surface area is 170 Å². The molecule has 2 aromatic carbocycles. The van der Waals surface area contributed by atoms with Gasteiger partial charge in [-0.05, 0) is 56.7 Å². The van der Waals surface area contributed by atoms with E-state index in [9.17, 15) is 13.2 Å². The number of esters is 1. The van der Waals surface area contributed by atoms with E-state index in [4.69, 9.17) is 9.15 Å². The number of fused-ring (bicyclic) bond motifs is 1. The summed E-state index contributed by atoms with van der Waals surface area (Å²) < 4.78 is 39.1. The van der Waals surface area contributed by atoms with E-state index in [2.05, 4.69) is 10.0 Å². The topological polar surface area (TPSA) is 97.6 Å². The smallest absolute Gasteiger partial charge is 0.374 e. The maximum Gasteiger partial charge on any atom is 0.374 e. The van der Waals surface area contributed by atoms with Crippen LogP contribution in [0, 0.1) is 6.92 Å². The Balaban J connectivity index is 1.92. The molecule has 1 atom stereocenters. The van der Waals surface area contributed by atoms with Crippen molar-refractivity contribution in [3.8, 4) is 0 Å². The van der Waals surface area contributed by atoms with Crippen molar-refractivity contribution in [1.29, 1.82) is 0 Å².